The Kier molecular flexibility index (Phi) is 5.49. The Bertz CT molecular complexity index is 444. The molecule has 1 saturated heterocycles. The first-order chi connectivity index (χ1) is 9.67. The molecular weight excluding hydrogens is 257 g/mol. The molecule has 1 heterocycles. The number of piperidine rings is 1. The van der Waals surface area contributed by atoms with Crippen LogP contribution in [0.3, 0.4) is 0 Å². The third-order valence-electron chi connectivity index (χ3n) is 3.76. The van der Waals surface area contributed by atoms with Crippen LogP contribution in [0.15, 0.2) is 24.3 Å². The molecular formula is C15H22FN3O. The maximum Gasteiger partial charge on any atom is 0.238 e. The summed E-state index contributed by atoms with van der Waals surface area (Å²) in [4.78, 5) is 14.0. The van der Waals surface area contributed by atoms with Crippen LogP contribution in [0, 0.1) is 11.7 Å². The first kappa shape index (κ1) is 14.9. The highest BCUT2D eigenvalue weighted by molar-refractivity contribution is 5.92. The summed E-state index contributed by atoms with van der Waals surface area (Å²) in [5.41, 5.74) is 6.07. The summed E-state index contributed by atoms with van der Waals surface area (Å²) in [6.07, 6.45) is 3.28. The van der Waals surface area contributed by atoms with Crippen LogP contribution in [0.2, 0.25) is 0 Å². The molecule has 0 spiro atoms. The van der Waals surface area contributed by atoms with E-state index in [0.29, 0.717) is 18.2 Å². The largest absolute Gasteiger partial charge is 0.330 e. The minimum absolute atomic E-state index is 0.0899. The van der Waals surface area contributed by atoms with Crippen LogP contribution in [0.4, 0.5) is 10.1 Å². The van der Waals surface area contributed by atoms with Crippen LogP contribution in [0.5, 0.6) is 0 Å². The lowest BCUT2D eigenvalue weighted by molar-refractivity contribution is -0.117. The lowest BCUT2D eigenvalue weighted by Crippen LogP contribution is -2.39. The molecule has 1 fully saturated rings. The van der Waals surface area contributed by atoms with Gasteiger partial charge in [-0.2, -0.15) is 0 Å². The second-order valence-corrected chi connectivity index (χ2v) is 5.36. The van der Waals surface area contributed by atoms with Gasteiger partial charge in [-0.1, -0.05) is 6.07 Å². The molecule has 1 aromatic rings. The predicted molar refractivity (Wildman–Crippen MR) is 77.9 cm³/mol. The van der Waals surface area contributed by atoms with Crippen LogP contribution in [0.1, 0.15) is 19.3 Å². The normalized spacial score (nSPS) is 17.1. The number of nitrogens with two attached hydrogens (primary N) is 1. The first-order valence-corrected chi connectivity index (χ1v) is 7.15. The second kappa shape index (κ2) is 7.36. The van der Waals surface area contributed by atoms with Crippen LogP contribution < -0.4 is 11.1 Å². The topological polar surface area (TPSA) is 58.4 Å². The minimum atomic E-state index is -0.342. The highest BCUT2D eigenvalue weighted by Gasteiger charge is 2.20. The van der Waals surface area contributed by atoms with E-state index < -0.39 is 0 Å². The van der Waals surface area contributed by atoms with Crippen molar-refractivity contribution < 1.29 is 9.18 Å². The summed E-state index contributed by atoms with van der Waals surface area (Å²) in [6, 6.07) is 5.96. The van der Waals surface area contributed by atoms with Gasteiger partial charge in [-0.25, -0.2) is 4.39 Å². The molecule has 1 aromatic carbocycles. The van der Waals surface area contributed by atoms with E-state index >= 15 is 0 Å². The summed E-state index contributed by atoms with van der Waals surface area (Å²) in [6.45, 7) is 2.97. The van der Waals surface area contributed by atoms with Crippen molar-refractivity contribution in [3.8, 4) is 0 Å². The Morgan fingerprint density at radius 3 is 2.80 bits per heavy atom. The number of anilines is 1. The molecule has 20 heavy (non-hydrogen) atoms. The van der Waals surface area contributed by atoms with Crippen LogP contribution in [0.25, 0.3) is 0 Å². The number of benzene rings is 1. The number of nitrogens with zero attached hydrogens (tertiary/aromatic N) is 1. The number of hydrogen-bond acceptors (Lipinski definition) is 3. The lowest BCUT2D eigenvalue weighted by atomic mass is 9.94. The number of halogens is 1. The van der Waals surface area contributed by atoms with Gasteiger partial charge in [0, 0.05) is 5.69 Å². The van der Waals surface area contributed by atoms with Gasteiger partial charge in [0.1, 0.15) is 5.82 Å². The van der Waals surface area contributed by atoms with Gasteiger partial charge in [0.05, 0.1) is 6.54 Å². The fraction of sp³-hybridized carbons (Fsp3) is 0.533. The molecule has 110 valence electrons. The molecule has 1 aliphatic rings. The van der Waals surface area contributed by atoms with E-state index in [1.54, 1.807) is 12.1 Å². The third-order valence-corrected chi connectivity index (χ3v) is 3.76. The van der Waals surface area contributed by atoms with Gasteiger partial charge < -0.3 is 11.1 Å². The average Bonchev–Trinajstić information content (AvgIpc) is 2.41. The summed E-state index contributed by atoms with van der Waals surface area (Å²) in [5, 5.41) is 2.73. The molecule has 0 aromatic heterocycles. The summed E-state index contributed by atoms with van der Waals surface area (Å²) < 4.78 is 13.0. The molecule has 0 bridgehead atoms. The molecule has 1 aliphatic heterocycles. The van der Waals surface area contributed by atoms with Gasteiger partial charge in [-0.05, 0) is 63.0 Å². The molecule has 0 radical (unpaired) electrons. The lowest BCUT2D eigenvalue weighted by Gasteiger charge is -2.31. The van der Waals surface area contributed by atoms with E-state index in [4.69, 9.17) is 5.73 Å². The Labute approximate surface area is 119 Å². The maximum atomic E-state index is 13.0. The van der Waals surface area contributed by atoms with Gasteiger partial charge in [0.2, 0.25) is 5.91 Å². The highest BCUT2D eigenvalue weighted by atomic mass is 19.1. The zero-order valence-electron chi connectivity index (χ0n) is 11.6. The second-order valence-electron chi connectivity index (χ2n) is 5.36. The smallest absolute Gasteiger partial charge is 0.238 e. The van der Waals surface area contributed by atoms with E-state index in [-0.39, 0.29) is 11.7 Å². The minimum Gasteiger partial charge on any atom is -0.330 e. The predicted octanol–water partition coefficient (Wildman–Crippen LogP) is 1.82. The Morgan fingerprint density at radius 1 is 1.40 bits per heavy atom. The third kappa shape index (κ3) is 4.58. The maximum absolute atomic E-state index is 13.0. The van der Waals surface area contributed by atoms with Gasteiger partial charge >= 0.3 is 0 Å². The molecule has 0 saturated carbocycles. The SMILES string of the molecule is NCCC1CCN(CC(=O)Nc2cccc(F)c2)CC1. The molecule has 4 nitrogen and oxygen atoms in total. The summed E-state index contributed by atoms with van der Waals surface area (Å²) >= 11 is 0. The average molecular weight is 279 g/mol. The van der Waals surface area contributed by atoms with E-state index in [0.717, 1.165) is 38.9 Å². The number of likely N-dealkylation sites (tertiary alicyclic amines) is 1. The monoisotopic (exact) mass is 279 g/mol. The molecule has 1 amide bonds. The number of rotatable bonds is 5. The molecule has 3 N–H and O–H groups in total. The zero-order chi connectivity index (χ0) is 14.4. The molecule has 2 rings (SSSR count). The van der Waals surface area contributed by atoms with E-state index in [1.807, 2.05) is 0 Å². The van der Waals surface area contributed by atoms with Crippen molar-refractivity contribution in [3.05, 3.63) is 30.1 Å². The van der Waals surface area contributed by atoms with Crippen molar-refractivity contribution in [2.75, 3.05) is 31.5 Å². The molecule has 0 atom stereocenters. The van der Waals surface area contributed by atoms with E-state index in [1.165, 1.54) is 12.1 Å². The van der Waals surface area contributed by atoms with Crippen LogP contribution >= 0.6 is 0 Å². The van der Waals surface area contributed by atoms with Gasteiger partial charge in [-0.15, -0.1) is 0 Å². The molecule has 0 unspecified atom stereocenters. The van der Waals surface area contributed by atoms with Crippen molar-refractivity contribution in [2.45, 2.75) is 19.3 Å². The standard InChI is InChI=1S/C15H22FN3O/c16-13-2-1-3-14(10-13)18-15(20)11-19-8-5-12(4-7-17)6-9-19/h1-3,10,12H,4-9,11,17H2,(H,18,20). The number of hydrogen-bond donors (Lipinski definition) is 2. The van der Waals surface area contributed by atoms with Gasteiger partial charge in [0.25, 0.3) is 0 Å². The molecule has 5 heteroatoms. The Morgan fingerprint density at radius 2 is 2.15 bits per heavy atom. The quantitative estimate of drug-likeness (QED) is 0.864. The Balaban J connectivity index is 1.75. The van der Waals surface area contributed by atoms with Gasteiger partial charge in [0.15, 0.2) is 0 Å². The van der Waals surface area contributed by atoms with Crippen molar-refractivity contribution >= 4 is 11.6 Å². The number of nitrogens with one attached hydrogen (secondary N) is 1. The highest BCUT2D eigenvalue weighted by Crippen LogP contribution is 2.19. The van der Waals surface area contributed by atoms with Crippen molar-refractivity contribution in [2.24, 2.45) is 11.7 Å². The molecule has 0 aliphatic carbocycles. The zero-order valence-corrected chi connectivity index (χ0v) is 11.6. The first-order valence-electron chi connectivity index (χ1n) is 7.15. The number of carbonyl (C=O) groups excluding carboxylic acids is 1. The van der Waals surface area contributed by atoms with E-state index in [2.05, 4.69) is 10.2 Å². The summed E-state index contributed by atoms with van der Waals surface area (Å²) in [5.74, 6) is 0.265. The van der Waals surface area contributed by atoms with E-state index in [9.17, 15) is 9.18 Å². The number of carbonyl (C=O) groups is 1. The van der Waals surface area contributed by atoms with Crippen LogP contribution in [-0.4, -0.2) is 37.0 Å². The Hall–Kier alpha value is -1.46. The van der Waals surface area contributed by atoms with Gasteiger partial charge in [-0.3, -0.25) is 9.69 Å². The van der Waals surface area contributed by atoms with Crippen molar-refractivity contribution in [1.82, 2.24) is 4.90 Å². The fourth-order valence-electron chi connectivity index (χ4n) is 2.64. The summed E-state index contributed by atoms with van der Waals surface area (Å²) in [7, 11) is 0. The van der Waals surface area contributed by atoms with Crippen molar-refractivity contribution in [3.63, 3.8) is 0 Å². The fourth-order valence-corrected chi connectivity index (χ4v) is 2.64. The van der Waals surface area contributed by atoms with Crippen LogP contribution in [-0.2, 0) is 4.79 Å². The van der Waals surface area contributed by atoms with Crippen molar-refractivity contribution in [1.29, 1.82) is 0 Å². The number of amides is 1.